The molecule has 5 aliphatic rings. The highest BCUT2D eigenvalue weighted by atomic mass is 16.5. The van der Waals surface area contributed by atoms with E-state index in [0.29, 0.717) is 23.5 Å². The van der Waals surface area contributed by atoms with E-state index in [-0.39, 0.29) is 13.2 Å². The average molecular weight is 618 g/mol. The highest BCUT2D eigenvalue weighted by Crippen LogP contribution is 2.67. The molecular weight excluding hydrogens is 550 g/mol. The predicted molar refractivity (Wildman–Crippen MR) is 177 cm³/mol. The van der Waals surface area contributed by atoms with E-state index in [1.165, 1.54) is 64.2 Å². The van der Waals surface area contributed by atoms with Crippen LogP contribution in [0.4, 0.5) is 0 Å². The first-order valence-corrected chi connectivity index (χ1v) is 18.7. The fourth-order valence-electron chi connectivity index (χ4n) is 11.3. The maximum Gasteiger partial charge on any atom is 0.109 e. The summed E-state index contributed by atoms with van der Waals surface area (Å²) in [4.78, 5) is 1.92. The van der Waals surface area contributed by atoms with Crippen molar-refractivity contribution in [2.45, 2.75) is 155 Å². The number of fused-ring (bicyclic) bond motifs is 5. The van der Waals surface area contributed by atoms with Crippen molar-refractivity contribution in [1.82, 2.24) is 4.90 Å². The first-order chi connectivity index (χ1) is 21.0. The summed E-state index contributed by atoms with van der Waals surface area (Å²) in [6, 6.07) is -0.513. The lowest BCUT2D eigenvalue weighted by Gasteiger charge is -2.58. The van der Waals surface area contributed by atoms with Crippen molar-refractivity contribution in [3.63, 3.8) is 0 Å². The predicted octanol–water partition coefficient (Wildman–Crippen LogP) is 6.34. The number of likely N-dealkylation sites (tertiary alicyclic amines) is 1. The lowest BCUT2D eigenvalue weighted by molar-refractivity contribution is -0.145. The van der Waals surface area contributed by atoms with Crippen LogP contribution < -0.4 is 0 Å². The van der Waals surface area contributed by atoms with Gasteiger partial charge in [-0.05, 0) is 124 Å². The molecule has 4 aliphatic carbocycles. The lowest BCUT2D eigenvalue weighted by Crippen LogP contribution is -2.62. The molecule has 44 heavy (non-hydrogen) atoms. The third-order valence-electron chi connectivity index (χ3n) is 13.9. The molecule has 1 heterocycles. The fraction of sp³-hybridized carbons (Fsp3) is 0.947. The first-order valence-electron chi connectivity index (χ1n) is 18.7. The molecule has 0 bridgehead atoms. The van der Waals surface area contributed by atoms with Gasteiger partial charge in [-0.3, -0.25) is 4.90 Å². The second-order valence-electron chi connectivity index (χ2n) is 16.9. The molecule has 3 saturated carbocycles. The Labute approximate surface area is 269 Å². The zero-order chi connectivity index (χ0) is 31.6. The number of β-amino-alcohol motifs (C(OH)–C–C–N with tert-alkyl or cyclic N) is 1. The summed E-state index contributed by atoms with van der Waals surface area (Å²) in [6.07, 6.45) is 17.5. The number of allylic oxidation sites excluding steroid dienone is 1. The van der Waals surface area contributed by atoms with Crippen LogP contribution in [0, 0.1) is 46.3 Å². The molecule has 0 aromatic heterocycles. The van der Waals surface area contributed by atoms with Crippen LogP contribution in [0.25, 0.3) is 0 Å². The van der Waals surface area contributed by atoms with Crippen LogP contribution in [0.1, 0.15) is 125 Å². The van der Waals surface area contributed by atoms with Gasteiger partial charge in [-0.15, -0.1) is 0 Å². The molecule has 0 spiro atoms. The molecule has 254 valence electrons. The van der Waals surface area contributed by atoms with Crippen LogP contribution in [0.15, 0.2) is 11.6 Å². The summed E-state index contributed by atoms with van der Waals surface area (Å²) >= 11 is 0. The molecule has 6 nitrogen and oxygen atoms in total. The second-order valence-corrected chi connectivity index (χ2v) is 16.9. The number of unbranched alkanes of at least 4 members (excludes halogenated alkanes) is 2. The third kappa shape index (κ3) is 7.02. The Morgan fingerprint density at radius 3 is 2.45 bits per heavy atom. The molecule has 12 atom stereocenters. The van der Waals surface area contributed by atoms with E-state index in [2.05, 4.69) is 40.7 Å². The van der Waals surface area contributed by atoms with Crippen LogP contribution in [-0.2, 0) is 4.74 Å². The van der Waals surface area contributed by atoms with Gasteiger partial charge in [0.15, 0.2) is 0 Å². The quantitative estimate of drug-likeness (QED) is 0.142. The molecule has 0 radical (unpaired) electrons. The first kappa shape index (κ1) is 34.8. The van der Waals surface area contributed by atoms with Crippen molar-refractivity contribution in [3.8, 4) is 0 Å². The van der Waals surface area contributed by atoms with E-state index in [4.69, 9.17) is 4.74 Å². The largest absolute Gasteiger partial charge is 0.395 e. The van der Waals surface area contributed by atoms with Crippen LogP contribution in [0.5, 0.6) is 0 Å². The minimum absolute atomic E-state index is 0.218. The number of hydrogen-bond acceptors (Lipinski definition) is 6. The molecule has 5 rings (SSSR count). The highest BCUT2D eigenvalue weighted by Gasteiger charge is 2.59. The van der Waals surface area contributed by atoms with Gasteiger partial charge in [0.05, 0.1) is 24.9 Å². The van der Waals surface area contributed by atoms with Crippen LogP contribution in [-0.4, -0.2) is 82.1 Å². The number of aliphatic hydroxyl groups is 4. The number of rotatable bonds is 13. The highest BCUT2D eigenvalue weighted by molar-refractivity contribution is 5.25. The molecule has 4 N–H and O–H groups in total. The van der Waals surface area contributed by atoms with Crippen molar-refractivity contribution in [3.05, 3.63) is 11.6 Å². The minimum Gasteiger partial charge on any atom is -0.395 e. The number of nitrogens with zero attached hydrogens (tertiary/aromatic N) is 1. The van der Waals surface area contributed by atoms with Gasteiger partial charge >= 0.3 is 0 Å². The Morgan fingerprint density at radius 1 is 0.909 bits per heavy atom. The second kappa shape index (κ2) is 14.7. The minimum atomic E-state index is -1.19. The van der Waals surface area contributed by atoms with Gasteiger partial charge in [0, 0.05) is 13.2 Å². The van der Waals surface area contributed by atoms with Crippen molar-refractivity contribution in [2.75, 3.05) is 26.3 Å². The van der Waals surface area contributed by atoms with E-state index in [0.717, 1.165) is 67.8 Å². The topological polar surface area (TPSA) is 93.4 Å². The lowest BCUT2D eigenvalue weighted by atomic mass is 9.47. The zero-order valence-corrected chi connectivity index (χ0v) is 28.8. The maximum absolute atomic E-state index is 10.2. The molecule has 0 unspecified atom stereocenters. The van der Waals surface area contributed by atoms with E-state index < -0.39 is 24.4 Å². The molecule has 0 aromatic carbocycles. The fourth-order valence-corrected chi connectivity index (χ4v) is 11.3. The third-order valence-corrected chi connectivity index (χ3v) is 13.9. The molecule has 6 heteroatoms. The van der Waals surface area contributed by atoms with E-state index >= 15 is 0 Å². The van der Waals surface area contributed by atoms with Crippen LogP contribution >= 0.6 is 0 Å². The molecular formula is C38H67NO5. The van der Waals surface area contributed by atoms with Gasteiger partial charge < -0.3 is 25.2 Å². The summed E-state index contributed by atoms with van der Waals surface area (Å²) in [6.45, 7) is 14.2. The Kier molecular flexibility index (Phi) is 11.7. The van der Waals surface area contributed by atoms with Gasteiger partial charge in [-0.1, -0.05) is 65.5 Å². The normalized spacial score (nSPS) is 43.3. The molecule has 4 fully saturated rings. The summed E-state index contributed by atoms with van der Waals surface area (Å²) in [5, 5.41) is 39.9. The van der Waals surface area contributed by atoms with Gasteiger partial charge in [-0.25, -0.2) is 0 Å². The van der Waals surface area contributed by atoms with Crippen molar-refractivity contribution in [1.29, 1.82) is 0 Å². The molecule has 1 aliphatic heterocycles. The summed E-state index contributed by atoms with van der Waals surface area (Å²) in [7, 11) is 0. The Bertz CT molecular complexity index is 956. The Balaban J connectivity index is 1.07. The van der Waals surface area contributed by atoms with Gasteiger partial charge in [-0.2, -0.15) is 0 Å². The molecule has 1 saturated heterocycles. The van der Waals surface area contributed by atoms with Gasteiger partial charge in [0.2, 0.25) is 0 Å². The van der Waals surface area contributed by atoms with E-state index in [1.807, 2.05) is 4.90 Å². The standard InChI is InChI=1S/C38H67NO5/c1-25(2)10-9-11-26(3)30-14-15-31-29-13-12-27-22-28(16-18-37(27,4)32(29)17-19-38(30,31)5)44-21-8-6-7-20-39-23-34(41)36(43)35(42)33(39)24-40/h12,25-26,28-36,40-43H,6-11,13-24H2,1-5H3/t26-,28+,29+,30-,31+,32+,33-,34+,35-,36-,37+,38-/m1/s1. The zero-order valence-electron chi connectivity index (χ0n) is 28.8. The van der Waals surface area contributed by atoms with Crippen molar-refractivity contribution >= 4 is 0 Å². The van der Waals surface area contributed by atoms with E-state index in [1.54, 1.807) is 5.57 Å². The SMILES string of the molecule is CC(C)CCC[C@@H](C)[C@H]1CC[C@H]2[C@@H]3CC=C4C[C@@H](OCCCCCN5C[C@H](O)[C@@H](O)[C@H](O)[C@H]5CO)CC[C@]4(C)[C@H]3CC[C@]12C. The number of ether oxygens (including phenoxy) is 1. The van der Waals surface area contributed by atoms with Crippen LogP contribution in [0.2, 0.25) is 0 Å². The Morgan fingerprint density at radius 2 is 1.70 bits per heavy atom. The molecule has 0 aromatic rings. The van der Waals surface area contributed by atoms with E-state index in [9.17, 15) is 20.4 Å². The smallest absolute Gasteiger partial charge is 0.109 e. The number of aliphatic hydroxyl groups excluding tert-OH is 4. The summed E-state index contributed by atoms with van der Waals surface area (Å²) in [5.41, 5.74) is 2.62. The summed E-state index contributed by atoms with van der Waals surface area (Å²) < 4.78 is 6.46. The van der Waals surface area contributed by atoms with Gasteiger partial charge in [0.25, 0.3) is 0 Å². The Hall–Kier alpha value is -0.500. The van der Waals surface area contributed by atoms with Crippen molar-refractivity contribution < 1.29 is 25.2 Å². The maximum atomic E-state index is 10.2. The number of hydrogen-bond donors (Lipinski definition) is 4. The van der Waals surface area contributed by atoms with Crippen molar-refractivity contribution in [2.24, 2.45) is 46.3 Å². The van der Waals surface area contributed by atoms with Crippen LogP contribution in [0.3, 0.4) is 0 Å². The monoisotopic (exact) mass is 618 g/mol. The average Bonchev–Trinajstić information content (AvgIpc) is 3.35. The molecule has 0 amide bonds. The summed E-state index contributed by atoms with van der Waals surface area (Å²) in [5.74, 6) is 5.27. The number of piperidine rings is 1. The van der Waals surface area contributed by atoms with Gasteiger partial charge in [0.1, 0.15) is 12.2 Å².